The maximum absolute atomic E-state index is 5.96. The van der Waals surface area contributed by atoms with Crippen LogP contribution >= 0.6 is 0 Å². The molecule has 5 aliphatic rings. The van der Waals surface area contributed by atoms with Gasteiger partial charge in [0.15, 0.2) is 0 Å². The first-order valence-electron chi connectivity index (χ1n) is 11.8. The molecule has 158 valence electrons. The molecule has 5 heteroatoms. The number of aliphatic imine (C=N–C) groups is 1. The van der Waals surface area contributed by atoms with E-state index in [0.29, 0.717) is 18.1 Å². The molecule has 0 aromatic heterocycles. The Morgan fingerprint density at radius 3 is 2.79 bits per heavy atom. The molecule has 5 nitrogen and oxygen atoms in total. The van der Waals surface area contributed by atoms with Crippen molar-refractivity contribution in [1.82, 2.24) is 15.1 Å². The summed E-state index contributed by atoms with van der Waals surface area (Å²) in [5, 5.41) is 3.76. The molecule has 5 unspecified atom stereocenters. The first kappa shape index (κ1) is 19.5. The molecule has 1 N–H and O–H groups in total. The minimum absolute atomic E-state index is 0.197. The Hall–Kier alpha value is -1.43. The third-order valence-electron chi connectivity index (χ3n) is 7.48. The molecule has 2 aliphatic carbocycles. The molecule has 1 saturated carbocycles. The topological polar surface area (TPSA) is 40.1 Å². The fourth-order valence-electron chi connectivity index (χ4n) is 5.99. The minimum atomic E-state index is 0.197. The molecule has 5 rings (SSSR count). The van der Waals surface area contributed by atoms with Gasteiger partial charge >= 0.3 is 0 Å². The summed E-state index contributed by atoms with van der Waals surface area (Å²) in [4.78, 5) is 10.1. The summed E-state index contributed by atoms with van der Waals surface area (Å²) in [6.45, 7) is 8.46. The van der Waals surface area contributed by atoms with Crippen LogP contribution in [0, 0.1) is 5.92 Å². The number of nitrogens with one attached hydrogen (secondary N) is 1. The fraction of sp³-hybridized carbons (Fsp3) is 0.708. The van der Waals surface area contributed by atoms with Gasteiger partial charge in [0, 0.05) is 57.5 Å². The molecule has 5 atom stereocenters. The van der Waals surface area contributed by atoms with Crippen molar-refractivity contribution >= 4 is 6.21 Å². The maximum Gasteiger partial charge on any atom is 0.0949 e. The van der Waals surface area contributed by atoms with Gasteiger partial charge in [0.1, 0.15) is 0 Å². The summed E-state index contributed by atoms with van der Waals surface area (Å²) >= 11 is 0. The monoisotopic (exact) mass is 396 g/mol. The van der Waals surface area contributed by atoms with Gasteiger partial charge < -0.3 is 10.1 Å². The van der Waals surface area contributed by atoms with Crippen molar-refractivity contribution < 1.29 is 4.74 Å². The van der Waals surface area contributed by atoms with Crippen LogP contribution in [0.25, 0.3) is 0 Å². The van der Waals surface area contributed by atoms with Gasteiger partial charge in [-0.1, -0.05) is 37.1 Å². The predicted octanol–water partition coefficient (Wildman–Crippen LogP) is 2.76. The van der Waals surface area contributed by atoms with Crippen molar-refractivity contribution in [3.05, 3.63) is 35.6 Å². The van der Waals surface area contributed by atoms with Crippen LogP contribution in [0.5, 0.6) is 0 Å². The predicted molar refractivity (Wildman–Crippen MR) is 118 cm³/mol. The van der Waals surface area contributed by atoms with Crippen LogP contribution in [-0.4, -0.2) is 79.6 Å². The Balaban J connectivity index is 1.13. The van der Waals surface area contributed by atoms with E-state index < -0.39 is 0 Å². The average Bonchev–Trinajstić information content (AvgIpc) is 3.13. The number of allylic oxidation sites excluding steroid dienone is 3. The summed E-state index contributed by atoms with van der Waals surface area (Å²) in [6, 6.07) is 1.52. The zero-order valence-corrected chi connectivity index (χ0v) is 17.8. The molecule has 0 aromatic carbocycles. The molecule has 0 spiro atoms. The van der Waals surface area contributed by atoms with Crippen LogP contribution in [0.15, 0.2) is 40.6 Å². The number of hydrogen-bond acceptors (Lipinski definition) is 5. The third-order valence-corrected chi connectivity index (χ3v) is 7.48. The highest BCUT2D eigenvalue weighted by Gasteiger charge is 2.38. The average molecular weight is 397 g/mol. The summed E-state index contributed by atoms with van der Waals surface area (Å²) in [7, 11) is 0. The van der Waals surface area contributed by atoms with Crippen LogP contribution in [0.4, 0.5) is 0 Å². The van der Waals surface area contributed by atoms with E-state index in [-0.39, 0.29) is 6.10 Å². The van der Waals surface area contributed by atoms with Crippen molar-refractivity contribution in [1.29, 1.82) is 0 Å². The number of hydrogen-bond donors (Lipinski definition) is 1. The van der Waals surface area contributed by atoms with E-state index in [1.807, 2.05) is 0 Å². The highest BCUT2D eigenvalue weighted by atomic mass is 16.5. The standard InChI is InChI=1S/C24H36N4O/c1-2-29-24-10-6-5-9-23(24)28-13-11-27(12-14-28)17-18-15-20-19-7-3-4-8-21(19)26-22(20)16-25-18/h5-6,9-10,16,18-19,21,23-24,26H,2-4,7-8,11-15,17H2,1H3. The fourth-order valence-corrected chi connectivity index (χ4v) is 5.99. The number of nitrogens with zero attached hydrogens (tertiary/aromatic N) is 3. The Morgan fingerprint density at radius 2 is 1.93 bits per heavy atom. The molecular weight excluding hydrogens is 360 g/mol. The third kappa shape index (κ3) is 4.10. The van der Waals surface area contributed by atoms with Gasteiger partial charge in [-0.15, -0.1) is 0 Å². The lowest BCUT2D eigenvalue weighted by Crippen LogP contribution is -2.54. The lowest BCUT2D eigenvalue weighted by molar-refractivity contribution is 0.0154. The molecule has 0 amide bonds. The number of dihydropyridines is 1. The highest BCUT2D eigenvalue weighted by molar-refractivity contribution is 5.81. The van der Waals surface area contributed by atoms with Gasteiger partial charge in [-0.25, -0.2) is 0 Å². The molecule has 0 aromatic rings. The second-order valence-electron chi connectivity index (χ2n) is 9.23. The first-order chi connectivity index (χ1) is 14.3. The Labute approximate surface area is 175 Å². The molecular formula is C24H36N4O. The molecule has 0 bridgehead atoms. The first-order valence-corrected chi connectivity index (χ1v) is 11.8. The van der Waals surface area contributed by atoms with Crippen LogP contribution in [-0.2, 0) is 4.74 Å². The molecule has 29 heavy (non-hydrogen) atoms. The van der Waals surface area contributed by atoms with Gasteiger partial charge in [-0.05, 0) is 31.8 Å². The summed E-state index contributed by atoms with van der Waals surface area (Å²) in [5.41, 5.74) is 3.05. The largest absolute Gasteiger partial charge is 0.381 e. The number of fused-ring (bicyclic) bond motifs is 2. The molecule has 2 fully saturated rings. The van der Waals surface area contributed by atoms with Gasteiger partial charge in [0.25, 0.3) is 0 Å². The van der Waals surface area contributed by atoms with E-state index in [9.17, 15) is 0 Å². The lowest BCUT2D eigenvalue weighted by Gasteiger charge is -2.41. The van der Waals surface area contributed by atoms with E-state index >= 15 is 0 Å². The van der Waals surface area contributed by atoms with Crippen LogP contribution in [0.1, 0.15) is 39.0 Å². The quantitative estimate of drug-likeness (QED) is 0.776. The smallest absolute Gasteiger partial charge is 0.0949 e. The molecule has 3 aliphatic heterocycles. The van der Waals surface area contributed by atoms with Crippen molar-refractivity contribution in [2.75, 3.05) is 39.3 Å². The summed E-state index contributed by atoms with van der Waals surface area (Å²) < 4.78 is 5.96. The molecule has 1 saturated heterocycles. The van der Waals surface area contributed by atoms with Gasteiger partial charge in [-0.2, -0.15) is 0 Å². The van der Waals surface area contributed by atoms with Crippen LogP contribution in [0.2, 0.25) is 0 Å². The van der Waals surface area contributed by atoms with E-state index in [4.69, 9.17) is 9.73 Å². The second-order valence-corrected chi connectivity index (χ2v) is 9.23. The molecule has 3 heterocycles. The lowest BCUT2D eigenvalue weighted by atomic mass is 9.79. The van der Waals surface area contributed by atoms with Crippen molar-refractivity contribution in [3.63, 3.8) is 0 Å². The minimum Gasteiger partial charge on any atom is -0.381 e. The normalized spacial score (nSPS) is 37.5. The van der Waals surface area contributed by atoms with Crippen LogP contribution in [0.3, 0.4) is 0 Å². The second kappa shape index (κ2) is 8.75. The Morgan fingerprint density at radius 1 is 1.10 bits per heavy atom. The van der Waals surface area contributed by atoms with Crippen molar-refractivity contribution in [3.8, 4) is 0 Å². The zero-order chi connectivity index (χ0) is 19.6. The van der Waals surface area contributed by atoms with Crippen LogP contribution < -0.4 is 5.32 Å². The Kier molecular flexibility index (Phi) is 5.89. The SMILES string of the molecule is CCOC1C=CC=CC1N1CCN(CC2CC3=C(C=N2)NC2CCCCC32)CC1. The Bertz CT molecular complexity index is 704. The molecule has 0 radical (unpaired) electrons. The number of rotatable bonds is 5. The zero-order valence-electron chi connectivity index (χ0n) is 17.8. The van der Waals surface area contributed by atoms with E-state index in [2.05, 4.69) is 52.6 Å². The van der Waals surface area contributed by atoms with Gasteiger partial charge in [0.05, 0.1) is 23.9 Å². The van der Waals surface area contributed by atoms with E-state index in [0.717, 1.165) is 45.2 Å². The summed E-state index contributed by atoms with van der Waals surface area (Å²) in [5.74, 6) is 0.784. The van der Waals surface area contributed by atoms with Gasteiger partial charge in [0.2, 0.25) is 0 Å². The van der Waals surface area contributed by atoms with E-state index in [1.54, 1.807) is 5.57 Å². The number of piperazine rings is 1. The highest BCUT2D eigenvalue weighted by Crippen LogP contribution is 2.40. The maximum atomic E-state index is 5.96. The number of ether oxygens (including phenoxy) is 1. The summed E-state index contributed by atoms with van der Waals surface area (Å²) in [6.07, 6.45) is 17.8. The van der Waals surface area contributed by atoms with Gasteiger partial charge in [-0.3, -0.25) is 14.8 Å². The van der Waals surface area contributed by atoms with E-state index in [1.165, 1.54) is 37.8 Å². The van der Waals surface area contributed by atoms with Crippen molar-refractivity contribution in [2.24, 2.45) is 10.9 Å². The van der Waals surface area contributed by atoms with Crippen molar-refractivity contribution in [2.45, 2.75) is 63.3 Å².